The van der Waals surface area contributed by atoms with E-state index in [9.17, 15) is 0 Å². The van der Waals surface area contributed by atoms with Crippen LogP contribution in [0.5, 0.6) is 0 Å². The van der Waals surface area contributed by atoms with Gasteiger partial charge >= 0.3 is 0 Å². The smallest absolute Gasteiger partial charge is 0.159 e. The lowest BCUT2D eigenvalue weighted by Gasteiger charge is -2.03. The molecule has 0 aromatic carbocycles. The predicted molar refractivity (Wildman–Crippen MR) is 107 cm³/mol. The molecule has 124 valence electrons. The zero-order valence-electron chi connectivity index (χ0n) is 13.6. The van der Waals surface area contributed by atoms with E-state index in [-0.39, 0.29) is 0 Å². The predicted octanol–water partition coefficient (Wildman–Crippen LogP) is 3.86. The van der Waals surface area contributed by atoms with Crippen LogP contribution in [0.4, 0.5) is 5.82 Å². The minimum absolute atomic E-state index is 0.380. The molecule has 5 nitrogen and oxygen atoms in total. The average molecular weight is 467 g/mol. The molecule has 1 aliphatic rings. The molecular formula is C16H17Br2N5Si. The van der Waals surface area contributed by atoms with Gasteiger partial charge in [-0.05, 0) is 37.9 Å². The number of nitrogen functional groups attached to an aromatic ring is 1. The van der Waals surface area contributed by atoms with Crippen molar-refractivity contribution < 1.29 is 0 Å². The van der Waals surface area contributed by atoms with E-state index in [0.717, 1.165) is 22.4 Å². The molecule has 0 amide bonds. The summed E-state index contributed by atoms with van der Waals surface area (Å²) in [5.41, 5.74) is 11.5. The van der Waals surface area contributed by atoms with Gasteiger partial charge in [0.15, 0.2) is 11.5 Å². The molecule has 8 heteroatoms. The van der Waals surface area contributed by atoms with Crippen LogP contribution in [-0.2, 0) is 6.42 Å². The first-order valence-corrected chi connectivity index (χ1v) is 12.3. The summed E-state index contributed by atoms with van der Waals surface area (Å²) < 4.78 is 1.45. The van der Waals surface area contributed by atoms with Crippen LogP contribution >= 0.6 is 31.9 Å². The summed E-state index contributed by atoms with van der Waals surface area (Å²) in [5, 5.41) is 0. The van der Waals surface area contributed by atoms with Crippen molar-refractivity contribution in [1.29, 1.82) is 0 Å². The molecule has 1 aliphatic carbocycles. The highest BCUT2D eigenvalue weighted by atomic mass is 79.9. The van der Waals surface area contributed by atoms with Crippen LogP contribution in [0.2, 0.25) is 19.6 Å². The minimum Gasteiger partial charge on any atom is -0.381 e. The van der Waals surface area contributed by atoms with Gasteiger partial charge < -0.3 is 5.73 Å². The largest absolute Gasteiger partial charge is 0.381 e. The van der Waals surface area contributed by atoms with Gasteiger partial charge in [0, 0.05) is 6.42 Å². The molecule has 0 radical (unpaired) electrons. The number of rotatable bonds is 0. The van der Waals surface area contributed by atoms with E-state index in [1.807, 2.05) is 6.08 Å². The molecule has 0 fully saturated rings. The fourth-order valence-electron chi connectivity index (χ4n) is 1.71. The Balaban J connectivity index is 0.000000182. The van der Waals surface area contributed by atoms with Gasteiger partial charge in [0.25, 0.3) is 0 Å². The number of hydrogen-bond donors (Lipinski definition) is 1. The van der Waals surface area contributed by atoms with Gasteiger partial charge in [0.1, 0.15) is 17.3 Å². The Labute approximate surface area is 159 Å². The standard InChI is InChI=1S/C9H12BrN3Si.C7H5BrN2/c1-14(2,3)5-4-7-9(11)13-8(10)6-12-7;8-7-4-9-5-2-1-3-6(5)10-7/h6H,1-3H3,(H2,11,13);1-2,4H,3H2. The second-order valence-corrected chi connectivity index (χ2v) is 12.4. The SMILES string of the molecule is Brc1cnc2c(n1)CC=C2.C[Si](C)(C)C#Cc1ncc(Br)nc1N. The maximum atomic E-state index is 5.66. The normalized spacial score (nSPS) is 11.9. The van der Waals surface area contributed by atoms with Crippen LogP contribution in [0, 0.1) is 11.5 Å². The molecule has 2 N–H and O–H groups in total. The lowest BCUT2D eigenvalue weighted by molar-refractivity contribution is 1.04. The van der Waals surface area contributed by atoms with Gasteiger partial charge in [-0.15, -0.1) is 5.54 Å². The molecule has 2 aromatic rings. The first-order chi connectivity index (χ1) is 11.2. The monoisotopic (exact) mass is 465 g/mol. The number of allylic oxidation sites excluding steroid dienone is 1. The second kappa shape index (κ2) is 8.01. The Hall–Kier alpha value is -1.56. The topological polar surface area (TPSA) is 77.6 Å². The van der Waals surface area contributed by atoms with Crippen molar-refractivity contribution in [3.63, 3.8) is 0 Å². The van der Waals surface area contributed by atoms with Crippen molar-refractivity contribution in [2.75, 3.05) is 5.73 Å². The van der Waals surface area contributed by atoms with Gasteiger partial charge in [0.05, 0.1) is 23.8 Å². The van der Waals surface area contributed by atoms with Crippen molar-refractivity contribution in [2.24, 2.45) is 0 Å². The number of aromatic nitrogens is 4. The fourth-order valence-corrected chi connectivity index (χ4v) is 2.81. The van der Waals surface area contributed by atoms with Gasteiger partial charge in [-0.1, -0.05) is 31.6 Å². The van der Waals surface area contributed by atoms with Crippen molar-refractivity contribution in [3.8, 4) is 11.5 Å². The minimum atomic E-state index is -1.37. The van der Waals surface area contributed by atoms with Crippen LogP contribution in [0.15, 0.2) is 27.7 Å². The number of fused-ring (bicyclic) bond motifs is 1. The van der Waals surface area contributed by atoms with Crippen LogP contribution in [0.1, 0.15) is 17.1 Å². The Morgan fingerprint density at radius 1 is 1.08 bits per heavy atom. The van der Waals surface area contributed by atoms with Gasteiger partial charge in [-0.2, -0.15) is 0 Å². The zero-order chi connectivity index (χ0) is 17.7. The summed E-state index contributed by atoms with van der Waals surface area (Å²) in [6, 6.07) is 0. The number of hydrogen-bond acceptors (Lipinski definition) is 5. The average Bonchev–Trinajstić information content (AvgIpc) is 2.93. The molecular weight excluding hydrogens is 450 g/mol. The molecule has 0 saturated carbocycles. The van der Waals surface area contributed by atoms with Crippen molar-refractivity contribution in [3.05, 3.63) is 44.8 Å². The Morgan fingerprint density at radius 3 is 2.42 bits per heavy atom. The molecule has 2 heterocycles. The van der Waals surface area contributed by atoms with E-state index in [1.54, 1.807) is 12.4 Å². The summed E-state index contributed by atoms with van der Waals surface area (Å²) in [6.07, 6.45) is 8.30. The highest BCUT2D eigenvalue weighted by Crippen LogP contribution is 2.16. The number of halogens is 2. The van der Waals surface area contributed by atoms with Gasteiger partial charge in [-0.3, -0.25) is 4.98 Å². The van der Waals surface area contributed by atoms with E-state index in [1.165, 1.54) is 0 Å². The highest BCUT2D eigenvalue weighted by Gasteiger charge is 2.08. The van der Waals surface area contributed by atoms with Crippen molar-refractivity contribution in [1.82, 2.24) is 19.9 Å². The molecule has 0 saturated heterocycles. The number of anilines is 1. The quantitative estimate of drug-likeness (QED) is 0.471. The third-order valence-electron chi connectivity index (χ3n) is 2.76. The molecule has 0 spiro atoms. The molecule has 0 unspecified atom stereocenters. The van der Waals surface area contributed by atoms with E-state index in [0.29, 0.717) is 16.1 Å². The van der Waals surface area contributed by atoms with Crippen LogP contribution < -0.4 is 5.73 Å². The summed E-state index contributed by atoms with van der Waals surface area (Å²) in [4.78, 5) is 16.5. The summed E-state index contributed by atoms with van der Waals surface area (Å²) in [6.45, 7) is 6.51. The van der Waals surface area contributed by atoms with E-state index in [4.69, 9.17) is 5.73 Å². The summed E-state index contributed by atoms with van der Waals surface area (Å²) >= 11 is 6.46. The van der Waals surface area contributed by atoms with Crippen LogP contribution in [0.3, 0.4) is 0 Å². The molecule has 0 aliphatic heterocycles. The van der Waals surface area contributed by atoms with E-state index >= 15 is 0 Å². The Kier molecular flexibility index (Phi) is 6.26. The number of nitrogens with zero attached hydrogens (tertiary/aromatic N) is 4. The summed E-state index contributed by atoms with van der Waals surface area (Å²) in [7, 11) is -1.37. The van der Waals surface area contributed by atoms with Crippen molar-refractivity contribution in [2.45, 2.75) is 26.1 Å². The van der Waals surface area contributed by atoms with Gasteiger partial charge in [0.2, 0.25) is 0 Å². The Morgan fingerprint density at radius 2 is 1.75 bits per heavy atom. The van der Waals surface area contributed by atoms with Crippen LogP contribution in [-0.4, -0.2) is 28.0 Å². The Bertz CT molecular complexity index is 835. The molecule has 3 rings (SSSR count). The molecule has 0 bridgehead atoms. The van der Waals surface area contributed by atoms with Crippen molar-refractivity contribution >= 4 is 51.8 Å². The van der Waals surface area contributed by atoms with E-state index in [2.05, 4.69) is 89.0 Å². The molecule has 2 aromatic heterocycles. The third kappa shape index (κ3) is 5.82. The third-order valence-corrected chi connectivity index (χ3v) is 4.40. The summed E-state index contributed by atoms with van der Waals surface area (Å²) in [5.74, 6) is 3.35. The lowest BCUT2D eigenvalue weighted by atomic mass is 10.3. The lowest BCUT2D eigenvalue weighted by Crippen LogP contribution is -2.16. The maximum absolute atomic E-state index is 5.66. The van der Waals surface area contributed by atoms with Gasteiger partial charge in [-0.25, -0.2) is 15.0 Å². The molecule has 0 atom stereocenters. The molecule has 24 heavy (non-hydrogen) atoms. The van der Waals surface area contributed by atoms with Crippen LogP contribution in [0.25, 0.3) is 6.08 Å². The highest BCUT2D eigenvalue weighted by molar-refractivity contribution is 9.10. The number of nitrogens with two attached hydrogens (primary N) is 1. The first kappa shape index (κ1) is 18.8. The zero-order valence-corrected chi connectivity index (χ0v) is 17.8. The first-order valence-electron chi connectivity index (χ1n) is 7.24. The fraction of sp³-hybridized carbons (Fsp3) is 0.250. The second-order valence-electron chi connectivity index (χ2n) is 6.06. The van der Waals surface area contributed by atoms with E-state index < -0.39 is 8.07 Å². The maximum Gasteiger partial charge on any atom is 0.159 e.